The number of ether oxygens (including phenoxy) is 1. The molecule has 0 radical (unpaired) electrons. The number of nitrogens with zero attached hydrogens (tertiary/aromatic N) is 3. The second-order valence-corrected chi connectivity index (χ2v) is 4.66. The van der Waals surface area contributed by atoms with Crippen molar-refractivity contribution in [2.75, 3.05) is 18.5 Å². The molecule has 2 heterocycles. The van der Waals surface area contributed by atoms with Gasteiger partial charge in [-0.25, -0.2) is 4.79 Å². The van der Waals surface area contributed by atoms with Gasteiger partial charge in [0.25, 0.3) is 0 Å². The smallest absolute Gasteiger partial charge is 0.323 e. The quantitative estimate of drug-likeness (QED) is 0.864. The van der Waals surface area contributed by atoms with Gasteiger partial charge in [-0.2, -0.15) is 8.75 Å². The van der Waals surface area contributed by atoms with Crippen LogP contribution in [0.5, 0.6) is 5.75 Å². The zero-order valence-electron chi connectivity index (χ0n) is 10.1. The summed E-state index contributed by atoms with van der Waals surface area (Å²) in [4.78, 5) is 13.8. The van der Waals surface area contributed by atoms with Crippen molar-refractivity contribution in [1.82, 2.24) is 13.6 Å². The summed E-state index contributed by atoms with van der Waals surface area (Å²) in [5.41, 5.74) is 1.01. The molecular weight excluding hydrogens is 264 g/mol. The molecule has 2 aromatic rings. The average Bonchev–Trinajstić information content (AvgIpc) is 2.82. The Morgan fingerprint density at radius 2 is 2.32 bits per heavy atom. The molecule has 0 atom stereocenters. The van der Waals surface area contributed by atoms with Crippen LogP contribution in [-0.2, 0) is 6.54 Å². The van der Waals surface area contributed by atoms with Crippen LogP contribution in [0.1, 0.15) is 5.56 Å². The van der Waals surface area contributed by atoms with Crippen molar-refractivity contribution in [3.63, 3.8) is 0 Å². The van der Waals surface area contributed by atoms with Crippen molar-refractivity contribution in [3.05, 3.63) is 36.0 Å². The number of carbonyl (C=O) groups excluding carboxylic acids is 1. The minimum Gasteiger partial charge on any atom is -0.491 e. The van der Waals surface area contributed by atoms with E-state index in [9.17, 15) is 4.79 Å². The molecule has 19 heavy (non-hydrogen) atoms. The minimum atomic E-state index is -0.187. The van der Waals surface area contributed by atoms with E-state index in [1.165, 1.54) is 6.20 Å². The number of para-hydroxylation sites is 1. The number of nitrogens with one attached hydrogen (secondary N) is 1. The third-order valence-electron chi connectivity index (χ3n) is 2.84. The lowest BCUT2D eigenvalue weighted by Gasteiger charge is -2.19. The van der Waals surface area contributed by atoms with Crippen LogP contribution in [0.15, 0.2) is 30.5 Å². The van der Waals surface area contributed by atoms with Gasteiger partial charge in [0.2, 0.25) is 0 Å². The maximum absolute atomic E-state index is 12.1. The third-order valence-corrected chi connectivity index (χ3v) is 3.31. The fraction of sp³-hybridized carbons (Fsp3) is 0.250. The minimum absolute atomic E-state index is 0.187. The first-order valence-electron chi connectivity index (χ1n) is 5.87. The Hall–Kier alpha value is -2.15. The highest BCUT2D eigenvalue weighted by Gasteiger charge is 2.19. The number of carbonyl (C=O) groups is 1. The number of hydrogen-bond acceptors (Lipinski definition) is 5. The maximum atomic E-state index is 12.1. The van der Waals surface area contributed by atoms with Gasteiger partial charge >= 0.3 is 6.03 Å². The van der Waals surface area contributed by atoms with Crippen LogP contribution in [0.25, 0.3) is 0 Å². The van der Waals surface area contributed by atoms with Crippen LogP contribution in [0.3, 0.4) is 0 Å². The SMILES string of the molecule is O=C(Nc1cnsn1)N1CCOc2ccccc2C1. The molecule has 1 N–H and O–H groups in total. The molecule has 1 aliphatic rings. The van der Waals surface area contributed by atoms with Gasteiger partial charge < -0.3 is 9.64 Å². The number of urea groups is 1. The molecule has 6 nitrogen and oxygen atoms in total. The van der Waals surface area contributed by atoms with E-state index in [-0.39, 0.29) is 6.03 Å². The van der Waals surface area contributed by atoms with Gasteiger partial charge in [0.15, 0.2) is 5.82 Å². The number of hydrogen-bond donors (Lipinski definition) is 1. The standard InChI is InChI=1S/C12H12N4O2S/c17-12(14-11-7-13-19-15-11)16-5-6-18-10-4-2-1-3-9(10)8-16/h1-4,7H,5-6,8H2,(H,14,15,17). The Balaban J connectivity index is 1.73. The van der Waals surface area contributed by atoms with Crippen molar-refractivity contribution >= 4 is 23.6 Å². The molecule has 3 rings (SSSR count). The van der Waals surface area contributed by atoms with Gasteiger partial charge in [-0.3, -0.25) is 5.32 Å². The lowest BCUT2D eigenvalue weighted by atomic mass is 10.2. The van der Waals surface area contributed by atoms with Crippen LogP contribution in [0, 0.1) is 0 Å². The second kappa shape index (κ2) is 5.23. The molecule has 0 saturated carbocycles. The highest BCUT2D eigenvalue weighted by molar-refractivity contribution is 6.99. The number of rotatable bonds is 1. The number of benzene rings is 1. The molecule has 1 aromatic carbocycles. The lowest BCUT2D eigenvalue weighted by molar-refractivity contribution is 0.200. The topological polar surface area (TPSA) is 67.4 Å². The number of amides is 2. The fourth-order valence-electron chi connectivity index (χ4n) is 1.91. The fourth-order valence-corrected chi connectivity index (χ4v) is 2.28. The van der Waals surface area contributed by atoms with Crippen molar-refractivity contribution in [2.24, 2.45) is 0 Å². The van der Waals surface area contributed by atoms with Crippen LogP contribution in [0.2, 0.25) is 0 Å². The second-order valence-electron chi connectivity index (χ2n) is 4.10. The zero-order chi connectivity index (χ0) is 13.1. The van der Waals surface area contributed by atoms with Crippen molar-refractivity contribution in [3.8, 4) is 5.75 Å². The summed E-state index contributed by atoms with van der Waals surface area (Å²) in [6, 6.07) is 7.56. The van der Waals surface area contributed by atoms with E-state index < -0.39 is 0 Å². The lowest BCUT2D eigenvalue weighted by Crippen LogP contribution is -2.36. The molecule has 7 heteroatoms. The number of aromatic nitrogens is 2. The first-order valence-corrected chi connectivity index (χ1v) is 6.60. The molecule has 98 valence electrons. The molecule has 0 saturated heterocycles. The van der Waals surface area contributed by atoms with Crippen LogP contribution in [-0.4, -0.2) is 32.8 Å². The normalized spacial score (nSPS) is 14.2. The van der Waals surface area contributed by atoms with Crippen LogP contribution < -0.4 is 10.1 Å². The molecule has 0 bridgehead atoms. The van der Waals surface area contributed by atoms with E-state index >= 15 is 0 Å². The number of anilines is 1. The van der Waals surface area contributed by atoms with E-state index in [2.05, 4.69) is 14.1 Å². The highest BCUT2D eigenvalue weighted by Crippen LogP contribution is 2.22. The summed E-state index contributed by atoms with van der Waals surface area (Å²) in [5.74, 6) is 1.32. The van der Waals surface area contributed by atoms with Gasteiger partial charge in [0.1, 0.15) is 12.4 Å². The molecular formula is C12H12N4O2S. The third kappa shape index (κ3) is 2.65. The van der Waals surface area contributed by atoms with Crippen LogP contribution >= 0.6 is 11.7 Å². The average molecular weight is 276 g/mol. The van der Waals surface area contributed by atoms with Gasteiger partial charge in [-0.05, 0) is 6.07 Å². The predicted molar refractivity (Wildman–Crippen MR) is 71.3 cm³/mol. The van der Waals surface area contributed by atoms with E-state index in [0.29, 0.717) is 25.5 Å². The van der Waals surface area contributed by atoms with E-state index in [1.807, 2.05) is 24.3 Å². The summed E-state index contributed by atoms with van der Waals surface area (Å²) in [6.07, 6.45) is 1.53. The predicted octanol–water partition coefficient (Wildman–Crippen LogP) is 1.96. The Bertz CT molecular complexity index is 573. The van der Waals surface area contributed by atoms with Crippen LogP contribution in [0.4, 0.5) is 10.6 Å². The summed E-state index contributed by atoms with van der Waals surface area (Å²) in [7, 11) is 0. The molecule has 0 aliphatic carbocycles. The molecule has 0 spiro atoms. The Morgan fingerprint density at radius 3 is 3.16 bits per heavy atom. The highest BCUT2D eigenvalue weighted by atomic mass is 32.1. The summed E-state index contributed by atoms with van der Waals surface area (Å²) >= 11 is 1.06. The van der Waals surface area contributed by atoms with Crippen molar-refractivity contribution in [1.29, 1.82) is 0 Å². The van der Waals surface area contributed by atoms with E-state index in [4.69, 9.17) is 4.74 Å². The Kier molecular flexibility index (Phi) is 3.28. The maximum Gasteiger partial charge on any atom is 0.323 e. The van der Waals surface area contributed by atoms with Gasteiger partial charge in [0, 0.05) is 5.56 Å². The van der Waals surface area contributed by atoms with E-state index in [0.717, 1.165) is 23.0 Å². The first kappa shape index (κ1) is 11.9. The zero-order valence-corrected chi connectivity index (χ0v) is 10.9. The summed E-state index contributed by atoms with van der Waals surface area (Å²) in [5, 5.41) is 2.72. The molecule has 1 aliphatic heterocycles. The molecule has 1 aromatic heterocycles. The number of fused-ring (bicyclic) bond motifs is 1. The molecule has 2 amide bonds. The van der Waals surface area contributed by atoms with Gasteiger partial charge in [-0.1, -0.05) is 18.2 Å². The van der Waals surface area contributed by atoms with Gasteiger partial charge in [0.05, 0.1) is 31.0 Å². The van der Waals surface area contributed by atoms with Gasteiger partial charge in [-0.15, -0.1) is 0 Å². The monoisotopic (exact) mass is 276 g/mol. The Labute approximate surface area is 114 Å². The van der Waals surface area contributed by atoms with Crippen molar-refractivity contribution in [2.45, 2.75) is 6.54 Å². The van der Waals surface area contributed by atoms with Crippen molar-refractivity contribution < 1.29 is 9.53 Å². The molecule has 0 fully saturated rings. The van der Waals surface area contributed by atoms with E-state index in [1.54, 1.807) is 4.90 Å². The first-order chi connectivity index (χ1) is 9.33. The largest absolute Gasteiger partial charge is 0.491 e. The molecule has 0 unspecified atom stereocenters. The Morgan fingerprint density at radius 1 is 1.42 bits per heavy atom. The summed E-state index contributed by atoms with van der Waals surface area (Å²) in [6.45, 7) is 1.55. The summed E-state index contributed by atoms with van der Waals surface area (Å²) < 4.78 is 13.4.